The molecule has 0 saturated heterocycles. The van der Waals surface area contributed by atoms with Gasteiger partial charge in [0.05, 0.1) is 12.2 Å². The van der Waals surface area contributed by atoms with Crippen molar-refractivity contribution in [3.63, 3.8) is 0 Å². The van der Waals surface area contributed by atoms with Crippen molar-refractivity contribution >= 4 is 21.8 Å². The van der Waals surface area contributed by atoms with Crippen molar-refractivity contribution in [1.29, 1.82) is 0 Å². The molecule has 122 valence electrons. The lowest BCUT2D eigenvalue weighted by Gasteiger charge is -2.20. The van der Waals surface area contributed by atoms with E-state index in [1.54, 1.807) is 4.68 Å². The average molecular weight is 378 g/mol. The van der Waals surface area contributed by atoms with Crippen molar-refractivity contribution in [2.24, 2.45) is 5.92 Å². The van der Waals surface area contributed by atoms with Crippen molar-refractivity contribution in [1.82, 2.24) is 25.5 Å². The zero-order valence-electron chi connectivity index (χ0n) is 12.9. The van der Waals surface area contributed by atoms with Gasteiger partial charge in [0.15, 0.2) is 5.82 Å². The summed E-state index contributed by atoms with van der Waals surface area (Å²) >= 11 is 3.44. The number of amides is 1. The molecule has 2 aromatic rings. The summed E-state index contributed by atoms with van der Waals surface area (Å²) in [7, 11) is 0. The van der Waals surface area contributed by atoms with Crippen LogP contribution in [0.1, 0.15) is 44.3 Å². The molecule has 1 heterocycles. The number of aromatic nitrogens is 4. The van der Waals surface area contributed by atoms with Crippen LogP contribution in [0.25, 0.3) is 5.69 Å². The van der Waals surface area contributed by atoms with Crippen molar-refractivity contribution in [2.75, 3.05) is 0 Å². The minimum absolute atomic E-state index is 0.0840. The first kappa shape index (κ1) is 16.1. The summed E-state index contributed by atoms with van der Waals surface area (Å²) in [6.07, 6.45) is 6.75. The van der Waals surface area contributed by atoms with Crippen molar-refractivity contribution in [3.8, 4) is 5.69 Å². The lowest BCUT2D eigenvalue weighted by atomic mass is 9.87. The van der Waals surface area contributed by atoms with E-state index in [-0.39, 0.29) is 5.91 Å². The number of benzene rings is 1. The molecule has 1 aliphatic carbocycles. The van der Waals surface area contributed by atoms with Gasteiger partial charge in [0, 0.05) is 10.9 Å². The third-order valence-corrected chi connectivity index (χ3v) is 4.72. The molecular formula is C16H20BrN5O. The fourth-order valence-electron chi connectivity index (χ4n) is 3.03. The van der Waals surface area contributed by atoms with Crippen LogP contribution in [0.3, 0.4) is 0 Å². The SMILES string of the molecule is O=C(CC1CCCCC1)NCc1nnnn1-c1cccc(Br)c1. The molecular weight excluding hydrogens is 358 g/mol. The first-order valence-electron chi connectivity index (χ1n) is 8.02. The number of tetrazole rings is 1. The minimum atomic E-state index is 0.0840. The highest BCUT2D eigenvalue weighted by molar-refractivity contribution is 9.10. The Kier molecular flexibility index (Phi) is 5.38. The fourth-order valence-corrected chi connectivity index (χ4v) is 3.41. The molecule has 0 spiro atoms. The topological polar surface area (TPSA) is 72.7 Å². The molecule has 1 saturated carbocycles. The van der Waals surface area contributed by atoms with E-state index in [0.29, 0.717) is 24.7 Å². The Balaban J connectivity index is 1.58. The fraction of sp³-hybridized carbons (Fsp3) is 0.500. The summed E-state index contributed by atoms with van der Waals surface area (Å²) in [5.41, 5.74) is 0.862. The first-order chi connectivity index (χ1) is 11.2. The maximum Gasteiger partial charge on any atom is 0.220 e. The quantitative estimate of drug-likeness (QED) is 0.868. The molecule has 1 aliphatic rings. The summed E-state index contributed by atoms with van der Waals surface area (Å²) in [6, 6.07) is 7.73. The van der Waals surface area contributed by atoms with Gasteiger partial charge in [0.2, 0.25) is 5.91 Å². The van der Waals surface area contributed by atoms with E-state index in [2.05, 4.69) is 36.8 Å². The summed E-state index contributed by atoms with van der Waals surface area (Å²) < 4.78 is 2.60. The van der Waals surface area contributed by atoms with Gasteiger partial charge in [0.1, 0.15) is 0 Å². The molecule has 0 bridgehead atoms. The predicted octanol–water partition coefficient (Wildman–Crippen LogP) is 3.01. The zero-order chi connectivity index (χ0) is 16.1. The summed E-state index contributed by atoms with van der Waals surface area (Å²) in [5.74, 6) is 1.24. The van der Waals surface area contributed by atoms with Gasteiger partial charge in [-0.1, -0.05) is 41.3 Å². The van der Waals surface area contributed by atoms with Crippen LogP contribution in [0, 0.1) is 5.92 Å². The van der Waals surface area contributed by atoms with E-state index in [4.69, 9.17) is 0 Å². The van der Waals surface area contributed by atoms with Gasteiger partial charge in [0.25, 0.3) is 0 Å². The van der Waals surface area contributed by atoms with Gasteiger partial charge in [-0.2, -0.15) is 4.68 Å². The second-order valence-electron chi connectivity index (χ2n) is 5.97. The van der Waals surface area contributed by atoms with Crippen LogP contribution in [0.15, 0.2) is 28.7 Å². The van der Waals surface area contributed by atoms with Crippen LogP contribution in [-0.2, 0) is 11.3 Å². The van der Waals surface area contributed by atoms with E-state index >= 15 is 0 Å². The van der Waals surface area contributed by atoms with Gasteiger partial charge in [-0.15, -0.1) is 5.10 Å². The Morgan fingerprint density at radius 1 is 1.30 bits per heavy atom. The van der Waals surface area contributed by atoms with Gasteiger partial charge in [-0.05, 0) is 47.4 Å². The minimum Gasteiger partial charge on any atom is -0.349 e. The van der Waals surface area contributed by atoms with Crippen molar-refractivity contribution in [3.05, 3.63) is 34.6 Å². The number of carbonyl (C=O) groups is 1. The molecule has 3 rings (SSSR count). The Labute approximate surface area is 143 Å². The Hall–Kier alpha value is -1.76. The second kappa shape index (κ2) is 7.68. The van der Waals surface area contributed by atoms with Gasteiger partial charge < -0.3 is 5.32 Å². The number of hydrogen-bond acceptors (Lipinski definition) is 4. The summed E-state index contributed by atoms with van der Waals surface area (Å²) in [6.45, 7) is 0.338. The number of nitrogens with one attached hydrogen (secondary N) is 1. The summed E-state index contributed by atoms with van der Waals surface area (Å²) in [5, 5.41) is 14.7. The maximum absolute atomic E-state index is 12.1. The van der Waals surface area contributed by atoms with E-state index in [9.17, 15) is 4.79 Å². The van der Waals surface area contributed by atoms with Crippen LogP contribution in [0.2, 0.25) is 0 Å². The molecule has 1 N–H and O–H groups in total. The maximum atomic E-state index is 12.1. The first-order valence-corrected chi connectivity index (χ1v) is 8.81. The van der Waals surface area contributed by atoms with Crippen LogP contribution in [0.4, 0.5) is 0 Å². The molecule has 1 fully saturated rings. The van der Waals surface area contributed by atoms with E-state index in [1.807, 2.05) is 24.3 Å². The van der Waals surface area contributed by atoms with E-state index in [1.165, 1.54) is 32.1 Å². The highest BCUT2D eigenvalue weighted by atomic mass is 79.9. The number of rotatable bonds is 5. The average Bonchev–Trinajstić information content (AvgIpc) is 3.02. The normalized spacial score (nSPS) is 15.5. The smallest absolute Gasteiger partial charge is 0.220 e. The lowest BCUT2D eigenvalue weighted by Crippen LogP contribution is -2.27. The Bertz CT molecular complexity index is 666. The van der Waals surface area contributed by atoms with Crippen molar-refractivity contribution < 1.29 is 4.79 Å². The third-order valence-electron chi connectivity index (χ3n) is 4.23. The molecule has 0 atom stereocenters. The van der Waals surface area contributed by atoms with E-state index < -0.39 is 0 Å². The van der Waals surface area contributed by atoms with Crippen LogP contribution in [0.5, 0.6) is 0 Å². The standard InChI is InChI=1S/C16H20BrN5O/c17-13-7-4-8-14(10-13)22-15(19-20-21-22)11-18-16(23)9-12-5-2-1-3-6-12/h4,7-8,10,12H,1-3,5-6,9,11H2,(H,18,23). The number of nitrogens with zero attached hydrogens (tertiary/aromatic N) is 4. The number of carbonyl (C=O) groups excluding carboxylic acids is 1. The summed E-state index contributed by atoms with van der Waals surface area (Å²) in [4.78, 5) is 12.1. The monoisotopic (exact) mass is 377 g/mol. The highest BCUT2D eigenvalue weighted by Crippen LogP contribution is 2.26. The highest BCUT2D eigenvalue weighted by Gasteiger charge is 2.17. The zero-order valence-corrected chi connectivity index (χ0v) is 14.5. The third kappa shape index (κ3) is 4.37. The van der Waals surface area contributed by atoms with Crippen LogP contribution < -0.4 is 5.32 Å². The van der Waals surface area contributed by atoms with Gasteiger partial charge >= 0.3 is 0 Å². The van der Waals surface area contributed by atoms with Gasteiger partial charge in [-0.25, -0.2) is 0 Å². The molecule has 6 nitrogen and oxygen atoms in total. The molecule has 7 heteroatoms. The number of halogens is 1. The molecule has 1 aromatic heterocycles. The molecule has 1 amide bonds. The Morgan fingerprint density at radius 3 is 2.91 bits per heavy atom. The van der Waals surface area contributed by atoms with Gasteiger partial charge in [-0.3, -0.25) is 4.79 Å². The largest absolute Gasteiger partial charge is 0.349 e. The second-order valence-corrected chi connectivity index (χ2v) is 6.89. The van der Waals surface area contributed by atoms with Crippen LogP contribution >= 0.6 is 15.9 Å². The molecule has 0 radical (unpaired) electrons. The van der Waals surface area contributed by atoms with Crippen molar-refractivity contribution in [2.45, 2.75) is 45.1 Å². The molecule has 23 heavy (non-hydrogen) atoms. The van der Waals surface area contributed by atoms with E-state index in [0.717, 1.165) is 10.2 Å². The Morgan fingerprint density at radius 2 is 2.13 bits per heavy atom. The lowest BCUT2D eigenvalue weighted by molar-refractivity contribution is -0.122. The molecule has 0 aliphatic heterocycles. The molecule has 0 unspecified atom stereocenters. The van der Waals surface area contributed by atoms with Crippen LogP contribution in [-0.4, -0.2) is 26.1 Å². The molecule has 1 aromatic carbocycles. The predicted molar refractivity (Wildman–Crippen MR) is 89.9 cm³/mol. The number of hydrogen-bond donors (Lipinski definition) is 1.